The fraction of sp³-hybridized carbons (Fsp3) is 0.188. The molecule has 1 aromatic carbocycles. The van der Waals surface area contributed by atoms with E-state index in [1.165, 1.54) is 18.3 Å². The molecule has 0 bridgehead atoms. The molecule has 0 aromatic heterocycles. The zero-order valence-electron chi connectivity index (χ0n) is 11.7. The van der Waals surface area contributed by atoms with E-state index in [1.54, 1.807) is 18.2 Å². The van der Waals surface area contributed by atoms with Gasteiger partial charge in [-0.25, -0.2) is 4.79 Å². The number of carbonyl (C=O) groups excluding carboxylic acids is 2. The molecular weight excluding hydrogens is 286 g/mol. The summed E-state index contributed by atoms with van der Waals surface area (Å²) in [5.41, 5.74) is 0.227. The normalized spacial score (nSPS) is 15.2. The van der Waals surface area contributed by atoms with Crippen molar-refractivity contribution in [3.63, 3.8) is 0 Å². The highest BCUT2D eigenvalue weighted by Gasteiger charge is 2.26. The van der Waals surface area contributed by atoms with Crippen LogP contribution in [0.2, 0.25) is 0 Å². The Bertz CT molecular complexity index is 670. The highest BCUT2D eigenvalue weighted by atomic mass is 16.4. The molecule has 22 heavy (non-hydrogen) atoms. The van der Waals surface area contributed by atoms with E-state index in [2.05, 4.69) is 5.32 Å². The number of aliphatic hydroxyl groups excluding tert-OH is 1. The zero-order valence-corrected chi connectivity index (χ0v) is 11.7. The monoisotopic (exact) mass is 301 g/mol. The van der Waals surface area contributed by atoms with Crippen LogP contribution in [-0.2, 0) is 9.59 Å². The Morgan fingerprint density at radius 2 is 1.73 bits per heavy atom. The SMILES string of the molecule is O=C1CCCC(=O)C1=C(O)/C=C/Nc1ccccc1C(=O)O. The third-order valence-corrected chi connectivity index (χ3v) is 3.26. The van der Waals surface area contributed by atoms with Crippen molar-refractivity contribution in [2.24, 2.45) is 0 Å². The lowest BCUT2D eigenvalue weighted by Gasteiger charge is -2.12. The van der Waals surface area contributed by atoms with Gasteiger partial charge in [0.05, 0.1) is 11.3 Å². The second kappa shape index (κ2) is 6.71. The summed E-state index contributed by atoms with van der Waals surface area (Å²) in [6.07, 6.45) is 3.46. The van der Waals surface area contributed by atoms with Gasteiger partial charge in [0.25, 0.3) is 0 Å². The fourth-order valence-electron chi connectivity index (χ4n) is 2.19. The van der Waals surface area contributed by atoms with Gasteiger partial charge in [-0.05, 0) is 24.6 Å². The van der Waals surface area contributed by atoms with Crippen LogP contribution in [0.5, 0.6) is 0 Å². The first kappa shape index (κ1) is 15.5. The minimum absolute atomic E-state index is 0.0733. The minimum Gasteiger partial charge on any atom is -0.507 e. The van der Waals surface area contributed by atoms with Crippen LogP contribution in [0.25, 0.3) is 0 Å². The number of carboxylic acid groups (broad SMARTS) is 1. The third-order valence-electron chi connectivity index (χ3n) is 3.26. The van der Waals surface area contributed by atoms with E-state index < -0.39 is 11.7 Å². The maximum absolute atomic E-state index is 11.7. The van der Waals surface area contributed by atoms with E-state index in [9.17, 15) is 19.5 Å². The first-order chi connectivity index (χ1) is 10.5. The van der Waals surface area contributed by atoms with Crippen molar-refractivity contribution in [2.45, 2.75) is 19.3 Å². The third kappa shape index (κ3) is 3.41. The average Bonchev–Trinajstić information content (AvgIpc) is 2.47. The largest absolute Gasteiger partial charge is 0.507 e. The number of ketones is 2. The van der Waals surface area contributed by atoms with E-state index in [0.717, 1.165) is 0 Å². The van der Waals surface area contributed by atoms with Gasteiger partial charge in [0.2, 0.25) is 0 Å². The summed E-state index contributed by atoms with van der Waals surface area (Å²) < 4.78 is 0. The molecule has 0 unspecified atom stereocenters. The summed E-state index contributed by atoms with van der Waals surface area (Å²) in [6, 6.07) is 6.26. The standard InChI is InChI=1S/C16H15NO5/c18-12-6-3-7-13(19)15(12)14(20)8-9-17-11-5-2-1-4-10(11)16(21)22/h1-2,4-5,8-9,17,20H,3,6-7H2,(H,21,22)/b9-8+. The molecule has 0 spiro atoms. The van der Waals surface area contributed by atoms with E-state index >= 15 is 0 Å². The Morgan fingerprint density at radius 3 is 2.36 bits per heavy atom. The molecule has 2 rings (SSSR count). The van der Waals surface area contributed by atoms with Crippen molar-refractivity contribution in [1.29, 1.82) is 0 Å². The van der Waals surface area contributed by atoms with Gasteiger partial charge >= 0.3 is 5.97 Å². The van der Waals surface area contributed by atoms with E-state index in [1.807, 2.05) is 0 Å². The number of nitrogens with one attached hydrogen (secondary N) is 1. The molecule has 0 aliphatic heterocycles. The van der Waals surface area contributed by atoms with E-state index in [0.29, 0.717) is 12.1 Å². The van der Waals surface area contributed by atoms with Crippen molar-refractivity contribution in [1.82, 2.24) is 0 Å². The molecule has 0 saturated heterocycles. The second-order valence-corrected chi connectivity index (χ2v) is 4.79. The Balaban J connectivity index is 2.17. The number of aliphatic hydroxyl groups is 1. The van der Waals surface area contributed by atoms with Crippen LogP contribution < -0.4 is 5.32 Å². The highest BCUT2D eigenvalue weighted by Crippen LogP contribution is 2.20. The number of allylic oxidation sites excluding steroid dienone is 2. The predicted molar refractivity (Wildman–Crippen MR) is 79.7 cm³/mol. The number of anilines is 1. The number of carbonyl (C=O) groups is 3. The molecule has 1 aliphatic carbocycles. The van der Waals surface area contributed by atoms with Gasteiger partial charge in [-0.2, -0.15) is 0 Å². The Kier molecular flexibility index (Phi) is 4.73. The van der Waals surface area contributed by atoms with Crippen molar-refractivity contribution in [3.05, 3.63) is 53.4 Å². The van der Waals surface area contributed by atoms with Crippen LogP contribution in [0.1, 0.15) is 29.6 Å². The summed E-state index contributed by atoms with van der Waals surface area (Å²) >= 11 is 0. The van der Waals surface area contributed by atoms with Gasteiger partial charge in [0.15, 0.2) is 11.6 Å². The van der Waals surface area contributed by atoms with Gasteiger partial charge < -0.3 is 15.5 Å². The molecule has 1 aromatic rings. The number of rotatable bonds is 4. The fourth-order valence-corrected chi connectivity index (χ4v) is 2.19. The van der Waals surface area contributed by atoms with Crippen LogP contribution in [-0.4, -0.2) is 27.7 Å². The molecule has 3 N–H and O–H groups in total. The van der Waals surface area contributed by atoms with Crippen molar-refractivity contribution < 1.29 is 24.6 Å². The molecule has 0 radical (unpaired) electrons. The molecule has 6 heteroatoms. The number of hydrogen-bond acceptors (Lipinski definition) is 5. The average molecular weight is 301 g/mol. The molecule has 1 fully saturated rings. The maximum atomic E-state index is 11.7. The van der Waals surface area contributed by atoms with Crippen LogP contribution in [0, 0.1) is 0 Å². The number of benzene rings is 1. The Labute approximate surface area is 126 Å². The first-order valence-corrected chi connectivity index (χ1v) is 6.75. The summed E-state index contributed by atoms with van der Waals surface area (Å²) in [4.78, 5) is 34.3. The van der Waals surface area contributed by atoms with Gasteiger partial charge in [-0.1, -0.05) is 12.1 Å². The van der Waals surface area contributed by atoms with Crippen LogP contribution in [0.15, 0.2) is 47.9 Å². The van der Waals surface area contributed by atoms with Gasteiger partial charge in [0, 0.05) is 19.0 Å². The molecule has 1 aliphatic rings. The number of Topliss-reactive ketones (excluding diaryl/α,β-unsaturated/α-hetero) is 2. The number of carboxylic acids is 1. The van der Waals surface area contributed by atoms with Gasteiger partial charge in [-0.3, -0.25) is 9.59 Å². The molecule has 0 atom stereocenters. The highest BCUT2D eigenvalue weighted by molar-refractivity contribution is 6.22. The maximum Gasteiger partial charge on any atom is 0.337 e. The summed E-state index contributed by atoms with van der Waals surface area (Å²) in [6.45, 7) is 0. The molecule has 0 amide bonds. The number of hydrogen-bond donors (Lipinski definition) is 3. The van der Waals surface area contributed by atoms with E-state index in [-0.39, 0.29) is 35.5 Å². The molecule has 6 nitrogen and oxygen atoms in total. The second-order valence-electron chi connectivity index (χ2n) is 4.79. The lowest BCUT2D eigenvalue weighted by molar-refractivity contribution is -0.124. The lowest BCUT2D eigenvalue weighted by Crippen LogP contribution is -2.20. The van der Waals surface area contributed by atoms with Gasteiger partial charge in [-0.15, -0.1) is 0 Å². The van der Waals surface area contributed by atoms with Crippen LogP contribution >= 0.6 is 0 Å². The first-order valence-electron chi connectivity index (χ1n) is 6.75. The summed E-state index contributed by atoms with van der Waals surface area (Å²) in [5, 5.41) is 21.6. The quantitative estimate of drug-likeness (QED) is 0.448. The topological polar surface area (TPSA) is 104 Å². The smallest absolute Gasteiger partial charge is 0.337 e. The van der Waals surface area contributed by atoms with Gasteiger partial charge in [0.1, 0.15) is 11.3 Å². The Hall–Kier alpha value is -2.89. The van der Waals surface area contributed by atoms with Crippen molar-refractivity contribution in [2.75, 3.05) is 5.32 Å². The predicted octanol–water partition coefficient (Wildman–Crippen LogP) is 2.44. The van der Waals surface area contributed by atoms with Crippen molar-refractivity contribution in [3.8, 4) is 0 Å². The Morgan fingerprint density at radius 1 is 1.09 bits per heavy atom. The summed E-state index contributed by atoms with van der Waals surface area (Å²) in [5.74, 6) is -2.24. The molecular formula is C16H15NO5. The number of aromatic carboxylic acids is 1. The minimum atomic E-state index is -1.09. The van der Waals surface area contributed by atoms with Crippen LogP contribution in [0.3, 0.4) is 0 Å². The molecule has 114 valence electrons. The lowest BCUT2D eigenvalue weighted by atomic mass is 9.91. The zero-order chi connectivity index (χ0) is 16.1. The van der Waals surface area contributed by atoms with E-state index in [4.69, 9.17) is 5.11 Å². The van der Waals surface area contributed by atoms with Crippen molar-refractivity contribution >= 4 is 23.2 Å². The van der Waals surface area contributed by atoms with Crippen LogP contribution in [0.4, 0.5) is 5.69 Å². The molecule has 0 heterocycles. The summed E-state index contributed by atoms with van der Waals surface area (Å²) in [7, 11) is 0. The number of para-hydroxylation sites is 1. The molecule has 1 saturated carbocycles.